The maximum Gasteiger partial charge on any atom is 0.320 e. The molecule has 9 nitrogen and oxygen atoms in total. The lowest BCUT2D eigenvalue weighted by atomic mass is 9.98. The van der Waals surface area contributed by atoms with Crippen molar-refractivity contribution in [3.63, 3.8) is 0 Å². The number of carbonyl (C=O) groups is 2. The number of pyridine rings is 1. The number of rotatable bonds is 7. The van der Waals surface area contributed by atoms with E-state index in [-0.39, 0.29) is 6.03 Å². The Morgan fingerprint density at radius 3 is 2.55 bits per heavy atom. The minimum absolute atomic E-state index is 0.157. The second-order valence-corrected chi connectivity index (χ2v) is 8.64. The average Bonchev–Trinajstić information content (AvgIpc) is 3.38. The third kappa shape index (κ3) is 5.66. The van der Waals surface area contributed by atoms with Crippen molar-refractivity contribution in [2.24, 2.45) is 11.7 Å². The van der Waals surface area contributed by atoms with Crippen molar-refractivity contribution in [2.75, 3.05) is 50.5 Å². The molecule has 0 spiro atoms. The van der Waals surface area contributed by atoms with Crippen LogP contribution in [0.1, 0.15) is 36.0 Å². The molecule has 176 valence electrons. The smallest absolute Gasteiger partial charge is 0.320 e. The molecule has 0 aliphatic carbocycles. The number of piperidine rings is 1. The van der Waals surface area contributed by atoms with E-state index in [1.54, 1.807) is 13.2 Å². The second-order valence-electron chi connectivity index (χ2n) is 8.64. The van der Waals surface area contributed by atoms with E-state index in [9.17, 15) is 9.59 Å². The second kappa shape index (κ2) is 10.4. The summed E-state index contributed by atoms with van der Waals surface area (Å²) in [6, 6.07) is 9.45. The molecule has 1 aromatic heterocycles. The van der Waals surface area contributed by atoms with E-state index in [0.29, 0.717) is 29.5 Å². The highest BCUT2D eigenvalue weighted by atomic mass is 16.5. The molecule has 1 aromatic carbocycles. The summed E-state index contributed by atoms with van der Waals surface area (Å²) in [5.41, 5.74) is 7.41. The Kier molecular flexibility index (Phi) is 7.16. The van der Waals surface area contributed by atoms with Gasteiger partial charge in [0.05, 0.1) is 18.4 Å². The number of amides is 3. The summed E-state index contributed by atoms with van der Waals surface area (Å²) < 4.78 is 5.19. The molecule has 0 bridgehead atoms. The number of nitrogens with zero attached hydrogens (tertiary/aromatic N) is 3. The van der Waals surface area contributed by atoms with Gasteiger partial charge in [-0.3, -0.25) is 4.79 Å². The molecule has 2 aliphatic rings. The molecule has 9 heteroatoms. The van der Waals surface area contributed by atoms with E-state index in [0.717, 1.165) is 63.3 Å². The minimum Gasteiger partial charge on any atom is -0.497 e. The molecule has 4 N–H and O–H groups in total. The number of anilines is 3. The fourth-order valence-corrected chi connectivity index (χ4v) is 4.46. The largest absolute Gasteiger partial charge is 0.497 e. The van der Waals surface area contributed by atoms with E-state index in [2.05, 4.69) is 15.6 Å². The van der Waals surface area contributed by atoms with Gasteiger partial charge in [0.2, 0.25) is 0 Å². The van der Waals surface area contributed by atoms with Gasteiger partial charge < -0.3 is 30.9 Å². The average molecular weight is 453 g/mol. The van der Waals surface area contributed by atoms with Crippen molar-refractivity contribution in [1.82, 2.24) is 14.8 Å². The number of aromatic nitrogens is 1. The van der Waals surface area contributed by atoms with Crippen LogP contribution in [-0.4, -0.2) is 66.6 Å². The molecule has 0 saturated carbocycles. The molecule has 2 aromatic rings. The zero-order chi connectivity index (χ0) is 23.2. The number of benzene rings is 1. The Labute approximate surface area is 194 Å². The van der Waals surface area contributed by atoms with E-state index < -0.39 is 5.91 Å². The Bertz CT molecular complexity index is 975. The molecular weight excluding hydrogens is 420 g/mol. The first kappa shape index (κ1) is 22.7. The van der Waals surface area contributed by atoms with E-state index in [4.69, 9.17) is 10.5 Å². The maximum atomic E-state index is 12.8. The lowest BCUT2D eigenvalue weighted by Crippen LogP contribution is -2.47. The molecular formula is C24H32N6O3. The Morgan fingerprint density at radius 1 is 1.12 bits per heavy atom. The third-order valence-electron chi connectivity index (χ3n) is 6.28. The number of methoxy groups -OCH3 is 1. The summed E-state index contributed by atoms with van der Waals surface area (Å²) in [7, 11) is 1.62. The number of hydrogen-bond acceptors (Lipinski definition) is 6. The van der Waals surface area contributed by atoms with Gasteiger partial charge in [-0.25, -0.2) is 9.78 Å². The molecule has 1 unspecified atom stereocenters. The first-order valence-electron chi connectivity index (χ1n) is 11.5. The lowest BCUT2D eigenvalue weighted by Gasteiger charge is -2.35. The normalized spacial score (nSPS) is 18.2. The highest BCUT2D eigenvalue weighted by molar-refractivity contribution is 5.98. The molecule has 2 saturated heterocycles. The maximum absolute atomic E-state index is 12.8. The topological polar surface area (TPSA) is 113 Å². The first-order chi connectivity index (χ1) is 16.0. The Balaban J connectivity index is 1.40. The van der Waals surface area contributed by atoms with Crippen LogP contribution >= 0.6 is 0 Å². The van der Waals surface area contributed by atoms with Crippen LogP contribution in [0.2, 0.25) is 0 Å². The van der Waals surface area contributed by atoms with Crippen molar-refractivity contribution in [3.8, 4) is 5.75 Å². The fraction of sp³-hybridized carbons (Fsp3) is 0.458. The van der Waals surface area contributed by atoms with Crippen LogP contribution in [0, 0.1) is 5.92 Å². The number of carbonyl (C=O) groups excluding carboxylic acids is 2. The van der Waals surface area contributed by atoms with Gasteiger partial charge in [-0.05, 0) is 55.9 Å². The first-order valence-corrected chi connectivity index (χ1v) is 11.5. The van der Waals surface area contributed by atoms with E-state index in [1.165, 1.54) is 6.20 Å². The van der Waals surface area contributed by atoms with Gasteiger partial charge in [0, 0.05) is 50.7 Å². The number of nitrogens with two attached hydrogens (primary N) is 1. The Hall–Kier alpha value is -3.49. The number of nitrogens with one attached hydrogen (secondary N) is 2. The van der Waals surface area contributed by atoms with Crippen LogP contribution in [0.5, 0.6) is 5.75 Å². The molecule has 1 atom stereocenters. The van der Waals surface area contributed by atoms with Crippen LogP contribution in [0.25, 0.3) is 0 Å². The zero-order valence-electron chi connectivity index (χ0n) is 19.0. The fourth-order valence-electron chi connectivity index (χ4n) is 4.46. The Morgan fingerprint density at radius 2 is 1.85 bits per heavy atom. The van der Waals surface area contributed by atoms with Crippen molar-refractivity contribution >= 4 is 29.1 Å². The number of likely N-dealkylation sites (tertiary alicyclic amines) is 2. The van der Waals surface area contributed by atoms with Crippen LogP contribution in [-0.2, 0) is 0 Å². The molecule has 3 heterocycles. The van der Waals surface area contributed by atoms with Crippen LogP contribution in [0.4, 0.5) is 22.0 Å². The van der Waals surface area contributed by atoms with Gasteiger partial charge in [-0.15, -0.1) is 0 Å². The van der Waals surface area contributed by atoms with Gasteiger partial charge in [0.25, 0.3) is 5.91 Å². The van der Waals surface area contributed by atoms with E-state index in [1.807, 2.05) is 34.1 Å². The molecule has 4 rings (SSSR count). The summed E-state index contributed by atoms with van der Waals surface area (Å²) in [6.07, 6.45) is 5.69. The molecule has 0 radical (unpaired) electrons. The lowest BCUT2D eigenvalue weighted by molar-refractivity contribution is 0.100. The summed E-state index contributed by atoms with van der Waals surface area (Å²) in [5, 5.41) is 6.62. The third-order valence-corrected chi connectivity index (χ3v) is 6.28. The molecule has 3 amide bonds. The quantitative estimate of drug-likeness (QED) is 0.594. The minimum atomic E-state index is -0.532. The van der Waals surface area contributed by atoms with Crippen LogP contribution in [0.15, 0.2) is 36.5 Å². The molecule has 2 aliphatic heterocycles. The zero-order valence-corrected chi connectivity index (χ0v) is 19.0. The standard InChI is InChI=1S/C24H32N6O3/c1-33-19-8-6-18(7-9-19)28-22-13-21(20(15-27-22)23(25)31)26-14-17-5-4-12-30(16-17)24(32)29-10-2-3-11-29/h6-9,13,15,17H,2-5,10-12,14,16H2,1H3,(H2,25,31)(H2,26,27,28). The number of ether oxygens (including phenoxy) is 1. The monoisotopic (exact) mass is 452 g/mol. The summed E-state index contributed by atoms with van der Waals surface area (Å²) in [5.74, 6) is 1.14. The summed E-state index contributed by atoms with van der Waals surface area (Å²) >= 11 is 0. The summed E-state index contributed by atoms with van der Waals surface area (Å²) in [6.45, 7) is 3.90. The number of primary amides is 1. The SMILES string of the molecule is COc1ccc(Nc2cc(NCC3CCCN(C(=O)N4CCCC4)C3)c(C(N)=O)cn2)cc1. The number of urea groups is 1. The highest BCUT2D eigenvalue weighted by Crippen LogP contribution is 2.25. The van der Waals surface area contributed by atoms with Crippen LogP contribution in [0.3, 0.4) is 0 Å². The van der Waals surface area contributed by atoms with Crippen molar-refractivity contribution < 1.29 is 14.3 Å². The van der Waals surface area contributed by atoms with E-state index >= 15 is 0 Å². The van der Waals surface area contributed by atoms with Crippen LogP contribution < -0.4 is 21.1 Å². The van der Waals surface area contributed by atoms with Crippen molar-refractivity contribution in [3.05, 3.63) is 42.1 Å². The predicted molar refractivity (Wildman–Crippen MR) is 128 cm³/mol. The number of hydrogen-bond donors (Lipinski definition) is 3. The molecule has 33 heavy (non-hydrogen) atoms. The predicted octanol–water partition coefficient (Wildman–Crippen LogP) is 3.27. The van der Waals surface area contributed by atoms with Gasteiger partial charge in [-0.1, -0.05) is 0 Å². The highest BCUT2D eigenvalue weighted by Gasteiger charge is 2.28. The summed E-state index contributed by atoms with van der Waals surface area (Å²) in [4.78, 5) is 33.0. The van der Waals surface area contributed by atoms with Gasteiger partial charge in [0.1, 0.15) is 11.6 Å². The van der Waals surface area contributed by atoms with Gasteiger partial charge in [-0.2, -0.15) is 0 Å². The molecule has 2 fully saturated rings. The van der Waals surface area contributed by atoms with Crippen molar-refractivity contribution in [1.29, 1.82) is 0 Å². The van der Waals surface area contributed by atoms with Gasteiger partial charge in [0.15, 0.2) is 0 Å². The van der Waals surface area contributed by atoms with Crippen molar-refractivity contribution in [2.45, 2.75) is 25.7 Å². The van der Waals surface area contributed by atoms with Gasteiger partial charge >= 0.3 is 6.03 Å².